The molecule has 6 heteroatoms. The number of carbonyl (C=O) groups is 1. The third-order valence-electron chi connectivity index (χ3n) is 4.87. The average Bonchev–Trinajstić information content (AvgIpc) is 2.63. The Labute approximate surface area is 158 Å². The molecular formula is C19H30BrN3O2. The van der Waals surface area contributed by atoms with Gasteiger partial charge in [-0.15, -0.1) is 0 Å². The van der Waals surface area contributed by atoms with Crippen molar-refractivity contribution in [3.05, 3.63) is 27.7 Å². The lowest BCUT2D eigenvalue weighted by molar-refractivity contribution is 0.0951. The van der Waals surface area contributed by atoms with Gasteiger partial charge < -0.3 is 21.5 Å². The second kappa shape index (κ2) is 10.1. The minimum atomic E-state index is -0.136. The van der Waals surface area contributed by atoms with E-state index in [9.17, 15) is 4.79 Å². The Morgan fingerprint density at radius 3 is 2.72 bits per heavy atom. The Kier molecular flexibility index (Phi) is 8.19. The van der Waals surface area contributed by atoms with Gasteiger partial charge >= 0.3 is 0 Å². The lowest BCUT2D eigenvalue weighted by Gasteiger charge is -2.29. The van der Waals surface area contributed by atoms with Crippen LogP contribution in [0.4, 0.5) is 5.69 Å². The lowest BCUT2D eigenvalue weighted by Crippen LogP contribution is -2.34. The van der Waals surface area contributed by atoms with Crippen LogP contribution in [-0.4, -0.2) is 30.2 Å². The van der Waals surface area contributed by atoms with Crippen LogP contribution in [0, 0.1) is 0 Å². The van der Waals surface area contributed by atoms with E-state index < -0.39 is 0 Å². The summed E-state index contributed by atoms with van der Waals surface area (Å²) in [7, 11) is 0. The van der Waals surface area contributed by atoms with Gasteiger partial charge in [0.2, 0.25) is 0 Å². The summed E-state index contributed by atoms with van der Waals surface area (Å²) in [6.45, 7) is 2.67. The highest BCUT2D eigenvalue weighted by Gasteiger charge is 2.22. The molecule has 0 spiro atoms. The maximum absolute atomic E-state index is 12.4. The van der Waals surface area contributed by atoms with Crippen LogP contribution < -0.4 is 16.4 Å². The molecule has 1 aliphatic carbocycles. The molecule has 1 aromatic carbocycles. The molecule has 0 saturated heterocycles. The van der Waals surface area contributed by atoms with E-state index in [4.69, 9.17) is 10.8 Å². The van der Waals surface area contributed by atoms with E-state index in [0.29, 0.717) is 30.3 Å². The number of nitrogens with one attached hydrogen (secondary N) is 2. The van der Waals surface area contributed by atoms with E-state index in [2.05, 4.69) is 33.5 Å². The number of carbonyl (C=O) groups excluding carboxylic acids is 1. The summed E-state index contributed by atoms with van der Waals surface area (Å²) in [4.78, 5) is 12.4. The van der Waals surface area contributed by atoms with Gasteiger partial charge in [-0.25, -0.2) is 0 Å². The van der Waals surface area contributed by atoms with Gasteiger partial charge in [0.1, 0.15) is 0 Å². The summed E-state index contributed by atoms with van der Waals surface area (Å²) in [5.74, 6) is -0.136. The van der Waals surface area contributed by atoms with Gasteiger partial charge in [-0.1, -0.05) is 26.2 Å². The molecule has 5 N–H and O–H groups in total. The SMILES string of the molecule is CCC(NC1CCCCC1)c1cc(C(=O)NCCCO)cc(Br)c1N. The number of aliphatic hydroxyl groups excluding tert-OH is 1. The Morgan fingerprint density at radius 1 is 1.36 bits per heavy atom. The van der Waals surface area contributed by atoms with Gasteiger partial charge in [-0.3, -0.25) is 4.79 Å². The highest BCUT2D eigenvalue weighted by Crippen LogP contribution is 2.32. The molecule has 0 radical (unpaired) electrons. The summed E-state index contributed by atoms with van der Waals surface area (Å²) in [6.07, 6.45) is 7.77. The van der Waals surface area contributed by atoms with Crippen LogP contribution in [-0.2, 0) is 0 Å². The Bertz CT molecular complexity index is 574. The van der Waals surface area contributed by atoms with Crippen molar-refractivity contribution in [2.24, 2.45) is 0 Å². The number of halogens is 1. The predicted octanol–water partition coefficient (Wildman–Crippen LogP) is 3.52. The Hall–Kier alpha value is -1.11. The van der Waals surface area contributed by atoms with Crippen molar-refractivity contribution < 1.29 is 9.90 Å². The van der Waals surface area contributed by atoms with Crippen molar-refractivity contribution in [1.82, 2.24) is 10.6 Å². The molecule has 0 bridgehead atoms. The van der Waals surface area contributed by atoms with E-state index in [-0.39, 0.29) is 18.6 Å². The third kappa shape index (κ3) is 5.69. The fraction of sp³-hybridized carbons (Fsp3) is 0.632. The van der Waals surface area contributed by atoms with Crippen LogP contribution in [0.3, 0.4) is 0 Å². The molecule has 1 aromatic rings. The van der Waals surface area contributed by atoms with Crippen LogP contribution in [0.2, 0.25) is 0 Å². The van der Waals surface area contributed by atoms with Crippen LogP contribution in [0.5, 0.6) is 0 Å². The molecule has 1 saturated carbocycles. The summed E-state index contributed by atoms with van der Waals surface area (Å²) in [5.41, 5.74) is 8.58. The van der Waals surface area contributed by atoms with Crippen molar-refractivity contribution in [3.63, 3.8) is 0 Å². The standard InChI is InChI=1S/C19H30BrN3O2/c1-2-17(23-14-7-4-3-5-8-14)15-11-13(12-16(20)18(15)21)19(25)22-9-6-10-24/h11-12,14,17,23-24H,2-10,21H2,1H3,(H,22,25). The van der Waals surface area contributed by atoms with E-state index in [0.717, 1.165) is 16.5 Å². The number of aliphatic hydroxyl groups is 1. The molecule has 25 heavy (non-hydrogen) atoms. The monoisotopic (exact) mass is 411 g/mol. The second-order valence-electron chi connectivity index (χ2n) is 6.76. The highest BCUT2D eigenvalue weighted by molar-refractivity contribution is 9.10. The van der Waals surface area contributed by atoms with Gasteiger partial charge in [0.05, 0.1) is 5.69 Å². The topological polar surface area (TPSA) is 87.4 Å². The zero-order valence-corrected chi connectivity index (χ0v) is 16.6. The summed E-state index contributed by atoms with van der Waals surface area (Å²) in [6, 6.07) is 4.34. The third-order valence-corrected chi connectivity index (χ3v) is 5.53. The van der Waals surface area contributed by atoms with Crippen LogP contribution >= 0.6 is 15.9 Å². The van der Waals surface area contributed by atoms with E-state index in [1.807, 2.05) is 6.07 Å². The molecule has 1 aliphatic rings. The molecular weight excluding hydrogens is 382 g/mol. The number of hydrogen-bond acceptors (Lipinski definition) is 4. The molecule has 2 rings (SSSR count). The number of rotatable bonds is 8. The minimum absolute atomic E-state index is 0.0696. The normalized spacial score (nSPS) is 16.6. The number of benzene rings is 1. The first-order valence-corrected chi connectivity index (χ1v) is 10.1. The van der Waals surface area contributed by atoms with E-state index >= 15 is 0 Å². The first-order valence-electron chi connectivity index (χ1n) is 9.30. The molecule has 140 valence electrons. The smallest absolute Gasteiger partial charge is 0.251 e. The highest BCUT2D eigenvalue weighted by atomic mass is 79.9. The molecule has 0 aliphatic heterocycles. The fourth-order valence-corrected chi connectivity index (χ4v) is 3.90. The maximum Gasteiger partial charge on any atom is 0.251 e. The zero-order chi connectivity index (χ0) is 18.2. The molecule has 0 heterocycles. The summed E-state index contributed by atoms with van der Waals surface area (Å²) in [5, 5.41) is 15.4. The second-order valence-corrected chi connectivity index (χ2v) is 7.61. The number of hydrogen-bond donors (Lipinski definition) is 4. The Morgan fingerprint density at radius 2 is 2.08 bits per heavy atom. The first-order chi connectivity index (χ1) is 12.1. The molecule has 1 unspecified atom stereocenters. The summed E-state index contributed by atoms with van der Waals surface area (Å²) < 4.78 is 0.751. The molecule has 1 fully saturated rings. The fourth-order valence-electron chi connectivity index (χ4n) is 3.42. The number of anilines is 1. The van der Waals surface area contributed by atoms with Crippen molar-refractivity contribution in [2.45, 2.75) is 64.0 Å². The maximum atomic E-state index is 12.4. The van der Waals surface area contributed by atoms with Crippen molar-refractivity contribution in [3.8, 4) is 0 Å². The van der Waals surface area contributed by atoms with Crippen LogP contribution in [0.1, 0.15) is 73.8 Å². The van der Waals surface area contributed by atoms with Crippen molar-refractivity contribution in [1.29, 1.82) is 0 Å². The molecule has 5 nitrogen and oxygen atoms in total. The van der Waals surface area contributed by atoms with Gasteiger partial charge in [0.15, 0.2) is 0 Å². The van der Waals surface area contributed by atoms with Gasteiger partial charge in [-0.05, 0) is 59.3 Å². The van der Waals surface area contributed by atoms with Crippen molar-refractivity contribution >= 4 is 27.5 Å². The van der Waals surface area contributed by atoms with E-state index in [1.165, 1.54) is 32.1 Å². The van der Waals surface area contributed by atoms with Crippen molar-refractivity contribution in [2.75, 3.05) is 18.9 Å². The Balaban J connectivity index is 2.17. The summed E-state index contributed by atoms with van der Waals surface area (Å²) >= 11 is 3.50. The van der Waals surface area contributed by atoms with Gasteiger partial charge in [0.25, 0.3) is 5.91 Å². The quantitative estimate of drug-likeness (QED) is 0.389. The first kappa shape index (κ1) is 20.2. The minimum Gasteiger partial charge on any atom is -0.398 e. The van der Waals surface area contributed by atoms with Crippen LogP contribution in [0.15, 0.2) is 16.6 Å². The predicted molar refractivity (Wildman–Crippen MR) is 106 cm³/mol. The lowest BCUT2D eigenvalue weighted by atomic mass is 9.92. The van der Waals surface area contributed by atoms with E-state index in [1.54, 1.807) is 6.07 Å². The molecule has 0 aromatic heterocycles. The molecule has 1 amide bonds. The van der Waals surface area contributed by atoms with Gasteiger partial charge in [0, 0.05) is 35.3 Å². The van der Waals surface area contributed by atoms with Gasteiger partial charge in [-0.2, -0.15) is 0 Å². The zero-order valence-electron chi connectivity index (χ0n) is 15.0. The number of nitrogens with two attached hydrogens (primary N) is 1. The number of amides is 1. The molecule has 1 atom stereocenters. The van der Waals surface area contributed by atoms with Crippen LogP contribution in [0.25, 0.3) is 0 Å². The average molecular weight is 412 g/mol. The number of nitrogen functional groups attached to an aromatic ring is 1. The largest absolute Gasteiger partial charge is 0.398 e.